The van der Waals surface area contributed by atoms with Gasteiger partial charge in [0.1, 0.15) is 0 Å². The second-order valence-corrected chi connectivity index (χ2v) is 2.22. The van der Waals surface area contributed by atoms with E-state index in [1.54, 1.807) is 12.5 Å². The van der Waals surface area contributed by atoms with Crippen LogP contribution in [0.5, 0.6) is 0 Å². The number of rotatable bonds is 7. The molecule has 0 radical (unpaired) electrons. The molecule has 0 saturated carbocycles. The minimum Gasteiger partial charge on any atom is -0.379 e. The highest BCUT2D eigenvalue weighted by atomic mass is 32.1. The maximum absolute atomic E-state index is 5.20. The molecular formula is C10H26O2S2. The van der Waals surface area contributed by atoms with E-state index < -0.39 is 0 Å². The summed E-state index contributed by atoms with van der Waals surface area (Å²) in [4.78, 5) is 0. The Labute approximate surface area is 101 Å². The van der Waals surface area contributed by atoms with Crippen molar-refractivity contribution in [3.63, 3.8) is 0 Å². The van der Waals surface area contributed by atoms with E-state index in [2.05, 4.69) is 39.1 Å². The second kappa shape index (κ2) is 29.2. The van der Waals surface area contributed by atoms with E-state index in [0.717, 1.165) is 39.3 Å². The zero-order valence-corrected chi connectivity index (χ0v) is 11.7. The largest absolute Gasteiger partial charge is 0.379 e. The first-order chi connectivity index (χ1) is 6.91. The fraction of sp³-hybridized carbons (Fsp3) is 1.00. The van der Waals surface area contributed by atoms with Crippen molar-refractivity contribution < 1.29 is 9.47 Å². The molecule has 0 N–H and O–H groups in total. The molecule has 0 heterocycles. The van der Waals surface area contributed by atoms with Crippen LogP contribution in [-0.4, -0.2) is 38.9 Å². The average molecular weight is 242 g/mol. The zero-order chi connectivity index (χ0) is 11.7. The van der Waals surface area contributed by atoms with Gasteiger partial charge in [-0.3, -0.25) is 0 Å². The Kier molecular flexibility index (Phi) is 41.9. The highest BCUT2D eigenvalue weighted by Gasteiger charge is 1.85. The molecule has 0 rings (SSSR count). The van der Waals surface area contributed by atoms with E-state index in [1.165, 1.54) is 0 Å². The topological polar surface area (TPSA) is 18.5 Å². The van der Waals surface area contributed by atoms with E-state index >= 15 is 0 Å². The van der Waals surface area contributed by atoms with Gasteiger partial charge in [0.15, 0.2) is 0 Å². The number of hydrogen-bond acceptors (Lipinski definition) is 4. The van der Waals surface area contributed by atoms with Gasteiger partial charge in [-0.25, -0.2) is 0 Å². The smallest absolute Gasteiger partial charge is 0.0700 e. The van der Waals surface area contributed by atoms with Crippen molar-refractivity contribution in [1.29, 1.82) is 0 Å². The second-order valence-electron chi connectivity index (χ2n) is 2.22. The molecule has 0 aliphatic heterocycles. The van der Waals surface area contributed by atoms with Gasteiger partial charge in [-0.2, -0.15) is 25.3 Å². The Morgan fingerprint density at radius 1 is 0.643 bits per heavy atom. The Morgan fingerprint density at radius 2 is 0.929 bits per heavy atom. The van der Waals surface area contributed by atoms with Gasteiger partial charge in [0.25, 0.3) is 0 Å². The van der Waals surface area contributed by atoms with Gasteiger partial charge in [-0.1, -0.05) is 13.8 Å². The van der Waals surface area contributed by atoms with Crippen LogP contribution in [0.15, 0.2) is 0 Å². The summed E-state index contributed by atoms with van der Waals surface area (Å²) < 4.78 is 10.4. The van der Waals surface area contributed by atoms with Gasteiger partial charge in [0.05, 0.1) is 13.2 Å². The molecule has 0 fully saturated rings. The zero-order valence-electron chi connectivity index (χ0n) is 9.95. The molecule has 0 bridgehead atoms. The van der Waals surface area contributed by atoms with Gasteiger partial charge < -0.3 is 9.47 Å². The van der Waals surface area contributed by atoms with Crippen molar-refractivity contribution in [2.75, 3.05) is 38.9 Å². The van der Waals surface area contributed by atoms with Crippen LogP contribution in [0, 0.1) is 0 Å². The number of ether oxygens (including phenoxy) is 2. The summed E-state index contributed by atoms with van der Waals surface area (Å²) in [5.74, 6) is 0. The van der Waals surface area contributed by atoms with E-state index in [9.17, 15) is 0 Å². The number of thiol groups is 2. The van der Waals surface area contributed by atoms with Crippen LogP contribution < -0.4 is 0 Å². The maximum atomic E-state index is 5.20. The van der Waals surface area contributed by atoms with Gasteiger partial charge in [0, 0.05) is 13.2 Å². The predicted molar refractivity (Wildman–Crippen MR) is 72.0 cm³/mol. The molecule has 0 amide bonds. The first kappa shape index (κ1) is 20.1. The average Bonchev–Trinajstić information content (AvgIpc) is 2.29. The van der Waals surface area contributed by atoms with Crippen molar-refractivity contribution >= 4 is 25.3 Å². The fourth-order valence-corrected chi connectivity index (χ4v) is 0.611. The lowest BCUT2D eigenvalue weighted by atomic mass is 10.5. The lowest BCUT2D eigenvalue weighted by molar-refractivity contribution is 0.0483. The third-order valence-corrected chi connectivity index (χ3v) is 1.07. The summed E-state index contributed by atoms with van der Waals surface area (Å²) in [6, 6.07) is 0. The van der Waals surface area contributed by atoms with Crippen LogP contribution in [-0.2, 0) is 9.47 Å². The quantitative estimate of drug-likeness (QED) is 0.528. The SMILES string of the molecule is CCCOCCOCCC.CS.CS. The molecule has 4 heteroatoms. The highest BCUT2D eigenvalue weighted by molar-refractivity contribution is 7.79. The third kappa shape index (κ3) is 29.3. The molecule has 0 atom stereocenters. The molecule has 0 aliphatic rings. The lowest BCUT2D eigenvalue weighted by Crippen LogP contribution is -2.04. The standard InChI is InChI=1S/C8H18O2.2CH4S/c1-3-5-9-7-8-10-6-4-2;2*1-2/h3-8H2,1-2H3;2*2H,1H3. The van der Waals surface area contributed by atoms with Crippen molar-refractivity contribution in [3.8, 4) is 0 Å². The minimum atomic E-state index is 0.744. The first-order valence-electron chi connectivity index (χ1n) is 4.96. The number of hydrogen-bond donors (Lipinski definition) is 2. The normalized spacial score (nSPS) is 8.14. The monoisotopic (exact) mass is 242 g/mol. The molecule has 0 saturated heterocycles. The summed E-state index contributed by atoms with van der Waals surface area (Å²) >= 11 is 7.06. The Morgan fingerprint density at radius 3 is 1.14 bits per heavy atom. The highest BCUT2D eigenvalue weighted by Crippen LogP contribution is 1.83. The van der Waals surface area contributed by atoms with Crippen LogP contribution in [0.4, 0.5) is 0 Å². The molecule has 90 valence electrons. The minimum absolute atomic E-state index is 0.744. The van der Waals surface area contributed by atoms with E-state index in [-0.39, 0.29) is 0 Å². The molecule has 2 nitrogen and oxygen atoms in total. The van der Waals surface area contributed by atoms with E-state index in [4.69, 9.17) is 9.47 Å². The Balaban J connectivity index is -0.000000266. The summed E-state index contributed by atoms with van der Waals surface area (Å²) in [5.41, 5.74) is 0. The van der Waals surface area contributed by atoms with E-state index in [1.807, 2.05) is 0 Å². The van der Waals surface area contributed by atoms with Gasteiger partial charge in [0.2, 0.25) is 0 Å². The Bertz CT molecular complexity index is 56.1. The van der Waals surface area contributed by atoms with Crippen LogP contribution in [0.2, 0.25) is 0 Å². The first-order valence-corrected chi connectivity index (χ1v) is 6.75. The summed E-state index contributed by atoms with van der Waals surface area (Å²) in [6.45, 7) is 7.41. The molecule has 0 aromatic carbocycles. The Hall–Kier alpha value is 0.620. The maximum Gasteiger partial charge on any atom is 0.0700 e. The van der Waals surface area contributed by atoms with Crippen LogP contribution in [0.3, 0.4) is 0 Å². The molecule has 0 spiro atoms. The van der Waals surface area contributed by atoms with Crippen LogP contribution >= 0.6 is 25.3 Å². The summed E-state index contributed by atoms with van der Waals surface area (Å²) in [7, 11) is 0. The lowest BCUT2D eigenvalue weighted by Gasteiger charge is -2.02. The molecular weight excluding hydrogens is 216 g/mol. The van der Waals surface area contributed by atoms with Gasteiger partial charge in [-0.15, -0.1) is 0 Å². The predicted octanol–water partition coefficient (Wildman–Crippen LogP) is 2.93. The van der Waals surface area contributed by atoms with Crippen LogP contribution in [0.25, 0.3) is 0 Å². The third-order valence-electron chi connectivity index (χ3n) is 1.07. The van der Waals surface area contributed by atoms with Crippen molar-refractivity contribution in [2.45, 2.75) is 26.7 Å². The molecule has 0 aromatic rings. The fourth-order valence-electron chi connectivity index (χ4n) is 0.611. The van der Waals surface area contributed by atoms with Crippen molar-refractivity contribution in [1.82, 2.24) is 0 Å². The summed E-state index contributed by atoms with van der Waals surface area (Å²) in [5, 5.41) is 0. The van der Waals surface area contributed by atoms with Crippen LogP contribution in [0.1, 0.15) is 26.7 Å². The van der Waals surface area contributed by atoms with Crippen molar-refractivity contribution in [3.05, 3.63) is 0 Å². The molecule has 0 aliphatic carbocycles. The van der Waals surface area contributed by atoms with E-state index in [0.29, 0.717) is 0 Å². The van der Waals surface area contributed by atoms with Gasteiger partial charge >= 0.3 is 0 Å². The summed E-state index contributed by atoms with van der Waals surface area (Å²) in [6.07, 6.45) is 5.57. The molecule has 0 unspecified atom stereocenters. The van der Waals surface area contributed by atoms with Gasteiger partial charge in [-0.05, 0) is 25.4 Å². The van der Waals surface area contributed by atoms with Crippen molar-refractivity contribution in [2.24, 2.45) is 0 Å². The molecule has 0 aromatic heterocycles. The molecule has 14 heavy (non-hydrogen) atoms.